The molecule has 5 N–H and O–H groups in total. The second kappa shape index (κ2) is 8.36. The van der Waals surface area contributed by atoms with E-state index in [0.717, 1.165) is 0 Å². The van der Waals surface area contributed by atoms with Crippen molar-refractivity contribution < 1.29 is 29.7 Å². The number of aliphatic hydroxyl groups excluding tert-OH is 2. The highest BCUT2D eigenvalue weighted by molar-refractivity contribution is 8.02. The average Bonchev–Trinajstić information content (AvgIpc) is 3.33. The molecule has 172 valence electrons. The van der Waals surface area contributed by atoms with Crippen LogP contribution in [0.25, 0.3) is 0 Å². The van der Waals surface area contributed by atoms with Gasteiger partial charge in [0.2, 0.25) is 11.8 Å². The number of amides is 2. The highest BCUT2D eigenvalue weighted by Crippen LogP contribution is 2.55. The summed E-state index contributed by atoms with van der Waals surface area (Å²) in [6.45, 7) is 5.61. The second-order valence-corrected chi connectivity index (χ2v) is 10.4. The lowest BCUT2D eigenvalue weighted by atomic mass is 9.78. The van der Waals surface area contributed by atoms with E-state index in [1.165, 1.54) is 16.7 Å². The molecule has 2 amide bonds. The molecule has 0 radical (unpaired) electrons. The minimum atomic E-state index is -1.14. The van der Waals surface area contributed by atoms with Crippen molar-refractivity contribution in [3.8, 4) is 0 Å². The SMILES string of the molecule is CC1C=C(C(=O)O)N2C(=O)C(SC3CNC(C(=O)N4CCNC(CO)C4)C3)(C(C)O)[C@H]12. The Morgan fingerprint density at radius 1 is 1.39 bits per heavy atom. The molecule has 0 saturated carbocycles. The standard InChI is InChI=1S/C20H30N4O6S/c1-10-5-15(18(28)29)24-16(10)20(11(2)26,19(24)30)31-13-6-14(22-7-13)17(27)23-4-3-21-12(8-23)9-25/h5,10-14,16,21-22,25-26H,3-4,6-9H2,1-2H3,(H,28,29)/t10?,11?,12?,13?,14?,16-,20?/m0/s1. The minimum absolute atomic E-state index is 0.0141. The van der Waals surface area contributed by atoms with Crippen molar-refractivity contribution in [3.63, 3.8) is 0 Å². The molecule has 4 rings (SSSR count). The zero-order valence-electron chi connectivity index (χ0n) is 17.7. The van der Waals surface area contributed by atoms with Gasteiger partial charge in [-0.15, -0.1) is 11.8 Å². The van der Waals surface area contributed by atoms with Crippen LogP contribution in [-0.4, -0.2) is 110 Å². The van der Waals surface area contributed by atoms with Crippen LogP contribution in [0, 0.1) is 5.92 Å². The molecule has 6 unspecified atom stereocenters. The summed E-state index contributed by atoms with van der Waals surface area (Å²) in [5, 5.41) is 35.8. The van der Waals surface area contributed by atoms with Crippen molar-refractivity contribution in [2.45, 2.75) is 54.5 Å². The molecule has 4 aliphatic heterocycles. The number of thioether (sulfide) groups is 1. The minimum Gasteiger partial charge on any atom is -0.477 e. The Hall–Kier alpha value is -1.66. The van der Waals surface area contributed by atoms with Gasteiger partial charge in [0.25, 0.3) is 0 Å². The van der Waals surface area contributed by atoms with Crippen LogP contribution in [0.4, 0.5) is 0 Å². The van der Waals surface area contributed by atoms with E-state index in [4.69, 9.17) is 0 Å². The third kappa shape index (κ3) is 3.56. The Kier molecular flexibility index (Phi) is 6.08. The first kappa shape index (κ1) is 22.5. The molecule has 0 aliphatic carbocycles. The number of β-lactam (4-membered cyclic amide) rings is 1. The first-order valence-electron chi connectivity index (χ1n) is 10.7. The van der Waals surface area contributed by atoms with Gasteiger partial charge in [0, 0.05) is 37.5 Å². The zero-order valence-corrected chi connectivity index (χ0v) is 18.5. The molecule has 0 spiro atoms. The molecular formula is C20H30N4O6S. The van der Waals surface area contributed by atoms with Crippen molar-refractivity contribution in [3.05, 3.63) is 11.8 Å². The summed E-state index contributed by atoms with van der Waals surface area (Å²) in [5.41, 5.74) is -0.0193. The van der Waals surface area contributed by atoms with Crippen molar-refractivity contribution in [2.24, 2.45) is 5.92 Å². The number of nitrogens with zero attached hydrogens (tertiary/aromatic N) is 2. The summed E-state index contributed by atoms with van der Waals surface area (Å²) >= 11 is 1.37. The van der Waals surface area contributed by atoms with E-state index in [1.807, 2.05) is 6.92 Å². The molecule has 0 aromatic rings. The van der Waals surface area contributed by atoms with Gasteiger partial charge in [0.1, 0.15) is 10.4 Å². The number of carboxylic acids is 1. The Morgan fingerprint density at radius 2 is 2.13 bits per heavy atom. The van der Waals surface area contributed by atoms with Crippen LogP contribution in [0.3, 0.4) is 0 Å². The van der Waals surface area contributed by atoms with Gasteiger partial charge in [-0.05, 0) is 25.3 Å². The summed E-state index contributed by atoms with van der Waals surface area (Å²) in [6.07, 6.45) is 1.15. The van der Waals surface area contributed by atoms with Gasteiger partial charge in [0.05, 0.1) is 24.8 Å². The third-order valence-electron chi connectivity index (χ3n) is 6.83. The Labute approximate surface area is 185 Å². The third-order valence-corrected chi connectivity index (χ3v) is 8.67. The molecule has 4 heterocycles. The van der Waals surface area contributed by atoms with E-state index >= 15 is 0 Å². The summed E-state index contributed by atoms with van der Waals surface area (Å²) in [5.74, 6) is -1.72. The second-order valence-electron chi connectivity index (χ2n) is 8.86. The van der Waals surface area contributed by atoms with E-state index in [2.05, 4.69) is 10.6 Å². The van der Waals surface area contributed by atoms with Gasteiger partial charge < -0.3 is 30.9 Å². The topological polar surface area (TPSA) is 142 Å². The van der Waals surface area contributed by atoms with E-state index in [9.17, 15) is 29.7 Å². The number of aliphatic carboxylic acids is 1. The predicted octanol–water partition coefficient (Wildman–Crippen LogP) is -1.81. The first-order chi connectivity index (χ1) is 14.7. The molecule has 0 bridgehead atoms. The molecule has 11 heteroatoms. The lowest BCUT2D eigenvalue weighted by Gasteiger charge is -2.56. The molecule has 0 aromatic heterocycles. The van der Waals surface area contributed by atoms with Crippen LogP contribution >= 0.6 is 11.8 Å². The number of piperazine rings is 1. The first-order valence-corrected chi connectivity index (χ1v) is 11.6. The van der Waals surface area contributed by atoms with Crippen molar-refractivity contribution in [1.29, 1.82) is 0 Å². The molecule has 10 nitrogen and oxygen atoms in total. The maximum Gasteiger partial charge on any atom is 0.352 e. The lowest BCUT2D eigenvalue weighted by molar-refractivity contribution is -0.158. The summed E-state index contributed by atoms with van der Waals surface area (Å²) < 4.78 is -1.12. The monoisotopic (exact) mass is 454 g/mol. The molecule has 3 fully saturated rings. The van der Waals surface area contributed by atoms with Crippen molar-refractivity contribution >= 4 is 29.5 Å². The number of aliphatic hydroxyl groups is 2. The van der Waals surface area contributed by atoms with Crippen LogP contribution in [0.1, 0.15) is 20.3 Å². The van der Waals surface area contributed by atoms with E-state index in [0.29, 0.717) is 32.6 Å². The number of nitrogens with one attached hydrogen (secondary N) is 2. The Morgan fingerprint density at radius 3 is 2.77 bits per heavy atom. The molecule has 0 aromatic carbocycles. The predicted molar refractivity (Wildman–Crippen MR) is 113 cm³/mol. The van der Waals surface area contributed by atoms with Gasteiger partial charge >= 0.3 is 5.97 Å². The van der Waals surface area contributed by atoms with Gasteiger partial charge in [0.15, 0.2) is 0 Å². The van der Waals surface area contributed by atoms with Gasteiger partial charge in [-0.1, -0.05) is 6.92 Å². The smallest absolute Gasteiger partial charge is 0.352 e. The van der Waals surface area contributed by atoms with Gasteiger partial charge in [-0.2, -0.15) is 0 Å². The van der Waals surface area contributed by atoms with E-state index in [1.54, 1.807) is 17.9 Å². The normalized spacial score (nSPS) is 38.5. The van der Waals surface area contributed by atoms with Crippen LogP contribution < -0.4 is 10.6 Å². The Balaban J connectivity index is 1.44. The fourth-order valence-corrected chi connectivity index (χ4v) is 7.19. The number of hydrogen-bond acceptors (Lipinski definition) is 8. The number of rotatable bonds is 6. The van der Waals surface area contributed by atoms with Crippen LogP contribution in [-0.2, 0) is 14.4 Å². The highest BCUT2D eigenvalue weighted by atomic mass is 32.2. The van der Waals surface area contributed by atoms with Gasteiger partial charge in [-0.3, -0.25) is 14.5 Å². The van der Waals surface area contributed by atoms with Crippen molar-refractivity contribution in [1.82, 2.24) is 20.4 Å². The Bertz CT molecular complexity index is 807. The maximum absolute atomic E-state index is 13.1. The van der Waals surface area contributed by atoms with Gasteiger partial charge in [-0.25, -0.2) is 4.79 Å². The fourth-order valence-electron chi connectivity index (χ4n) is 5.32. The number of carbonyl (C=O) groups is 3. The maximum atomic E-state index is 13.1. The lowest BCUT2D eigenvalue weighted by Crippen LogP contribution is -2.76. The number of carboxylic acid groups (broad SMARTS) is 1. The molecule has 4 aliphatic rings. The summed E-state index contributed by atoms with van der Waals surface area (Å²) in [6, 6.07) is -0.911. The molecule has 31 heavy (non-hydrogen) atoms. The zero-order chi connectivity index (χ0) is 22.5. The van der Waals surface area contributed by atoms with Crippen LogP contribution in [0.15, 0.2) is 11.8 Å². The quantitative estimate of drug-likeness (QED) is 0.294. The number of hydrogen-bond donors (Lipinski definition) is 5. The van der Waals surface area contributed by atoms with Crippen LogP contribution in [0.5, 0.6) is 0 Å². The highest BCUT2D eigenvalue weighted by Gasteiger charge is 2.69. The molecule has 7 atom stereocenters. The average molecular weight is 455 g/mol. The van der Waals surface area contributed by atoms with E-state index < -0.39 is 22.9 Å². The number of fused-ring (bicyclic) bond motifs is 1. The van der Waals surface area contributed by atoms with Crippen molar-refractivity contribution in [2.75, 3.05) is 32.8 Å². The molecular weight excluding hydrogens is 424 g/mol. The van der Waals surface area contributed by atoms with Crippen LogP contribution in [0.2, 0.25) is 0 Å². The fraction of sp³-hybridized carbons (Fsp3) is 0.750. The number of carbonyl (C=O) groups excluding carboxylic acids is 2. The summed E-state index contributed by atoms with van der Waals surface area (Å²) in [4.78, 5) is 40.6. The largest absolute Gasteiger partial charge is 0.477 e. The molecule has 3 saturated heterocycles. The van der Waals surface area contributed by atoms with E-state index in [-0.39, 0.29) is 47.4 Å². The summed E-state index contributed by atoms with van der Waals surface area (Å²) in [7, 11) is 0.